The van der Waals surface area contributed by atoms with E-state index in [0.717, 1.165) is 0 Å². The fourth-order valence-electron chi connectivity index (χ4n) is 1.26. The molecule has 96 valence electrons. The number of hydrogen-bond acceptors (Lipinski definition) is 4. The molecule has 0 saturated heterocycles. The quantitative estimate of drug-likeness (QED) is 0.838. The molecule has 6 heteroatoms. The van der Waals surface area contributed by atoms with Gasteiger partial charge >= 0.3 is 0 Å². The standard InChI is InChI=1S/C11H18ClN3O2/c1-4-15-11(17)10(12)8(5-14-15)13-6-9(16)7(2)3/h5,7,9,13,16H,4,6H2,1-3H3. The Kier molecular flexibility index (Phi) is 4.96. The van der Waals surface area contributed by atoms with Gasteiger partial charge in [0, 0.05) is 13.1 Å². The maximum absolute atomic E-state index is 11.7. The molecule has 1 heterocycles. The Morgan fingerprint density at radius 3 is 2.76 bits per heavy atom. The minimum absolute atomic E-state index is 0.109. The summed E-state index contributed by atoms with van der Waals surface area (Å²) in [5.41, 5.74) is 0.138. The lowest BCUT2D eigenvalue weighted by Gasteiger charge is -2.16. The first-order valence-corrected chi connectivity index (χ1v) is 6.02. The monoisotopic (exact) mass is 259 g/mol. The molecular formula is C11H18ClN3O2. The molecule has 0 bridgehead atoms. The van der Waals surface area contributed by atoms with E-state index in [-0.39, 0.29) is 16.5 Å². The van der Waals surface area contributed by atoms with Crippen LogP contribution in [0, 0.1) is 5.92 Å². The second-order valence-electron chi connectivity index (χ2n) is 4.19. The van der Waals surface area contributed by atoms with Crippen molar-refractivity contribution in [2.45, 2.75) is 33.4 Å². The summed E-state index contributed by atoms with van der Waals surface area (Å²) >= 11 is 5.92. The number of hydrogen-bond donors (Lipinski definition) is 2. The van der Waals surface area contributed by atoms with Crippen LogP contribution in [0.25, 0.3) is 0 Å². The zero-order valence-electron chi connectivity index (χ0n) is 10.3. The van der Waals surface area contributed by atoms with Crippen molar-refractivity contribution in [2.24, 2.45) is 5.92 Å². The molecule has 5 nitrogen and oxygen atoms in total. The Morgan fingerprint density at radius 2 is 2.24 bits per heavy atom. The first-order valence-electron chi connectivity index (χ1n) is 5.64. The third-order valence-corrected chi connectivity index (χ3v) is 2.92. The lowest BCUT2D eigenvalue weighted by Crippen LogP contribution is -2.27. The fraction of sp³-hybridized carbons (Fsp3) is 0.636. The van der Waals surface area contributed by atoms with Crippen molar-refractivity contribution in [1.29, 1.82) is 0 Å². The molecule has 17 heavy (non-hydrogen) atoms. The van der Waals surface area contributed by atoms with Crippen LogP contribution in [-0.2, 0) is 6.54 Å². The van der Waals surface area contributed by atoms with E-state index in [9.17, 15) is 9.90 Å². The Morgan fingerprint density at radius 1 is 1.59 bits per heavy atom. The van der Waals surface area contributed by atoms with Gasteiger partial charge in [0.15, 0.2) is 0 Å². The van der Waals surface area contributed by atoms with Gasteiger partial charge in [-0.3, -0.25) is 4.79 Å². The highest BCUT2D eigenvalue weighted by atomic mass is 35.5. The molecule has 1 aromatic rings. The number of rotatable bonds is 5. The lowest BCUT2D eigenvalue weighted by atomic mass is 10.1. The summed E-state index contributed by atoms with van der Waals surface area (Å²) in [6, 6.07) is 0. The van der Waals surface area contributed by atoms with Gasteiger partial charge in [0.2, 0.25) is 0 Å². The van der Waals surface area contributed by atoms with Crippen LogP contribution in [0.2, 0.25) is 5.02 Å². The number of aliphatic hydroxyl groups is 1. The van der Waals surface area contributed by atoms with Crippen molar-refractivity contribution in [3.63, 3.8) is 0 Å². The Hall–Kier alpha value is -1.07. The van der Waals surface area contributed by atoms with E-state index in [0.29, 0.717) is 18.8 Å². The summed E-state index contributed by atoms with van der Waals surface area (Å²) in [5.74, 6) is 0.144. The van der Waals surface area contributed by atoms with E-state index < -0.39 is 6.10 Å². The number of aromatic nitrogens is 2. The van der Waals surface area contributed by atoms with E-state index in [1.54, 1.807) is 0 Å². The van der Waals surface area contributed by atoms with E-state index in [4.69, 9.17) is 11.6 Å². The molecule has 1 rings (SSSR count). The largest absolute Gasteiger partial charge is 0.391 e. The number of halogens is 1. The van der Waals surface area contributed by atoms with Gasteiger partial charge in [0.25, 0.3) is 5.56 Å². The molecule has 0 aliphatic carbocycles. The normalized spacial score (nSPS) is 12.8. The predicted octanol–water partition coefficient (Wildman–Crippen LogP) is 1.35. The first-order chi connectivity index (χ1) is 7.97. The Bertz CT molecular complexity index is 431. The summed E-state index contributed by atoms with van der Waals surface area (Å²) in [6.45, 7) is 6.48. The molecule has 0 radical (unpaired) electrons. The summed E-state index contributed by atoms with van der Waals surface area (Å²) in [5, 5.41) is 16.6. The third-order valence-electron chi connectivity index (χ3n) is 2.56. The molecule has 0 fully saturated rings. The van der Waals surface area contributed by atoms with Gasteiger partial charge in [-0.2, -0.15) is 5.10 Å². The van der Waals surface area contributed by atoms with Crippen LogP contribution in [0.4, 0.5) is 5.69 Å². The van der Waals surface area contributed by atoms with Crippen molar-refractivity contribution in [2.75, 3.05) is 11.9 Å². The predicted molar refractivity (Wildman–Crippen MR) is 68.5 cm³/mol. The minimum Gasteiger partial charge on any atom is -0.391 e. The van der Waals surface area contributed by atoms with Crippen molar-refractivity contribution in [3.05, 3.63) is 21.6 Å². The molecule has 0 saturated carbocycles. The molecule has 0 amide bonds. The van der Waals surface area contributed by atoms with Crippen molar-refractivity contribution < 1.29 is 5.11 Å². The van der Waals surface area contributed by atoms with Crippen LogP contribution in [0.3, 0.4) is 0 Å². The fourth-order valence-corrected chi connectivity index (χ4v) is 1.48. The van der Waals surface area contributed by atoms with Crippen LogP contribution < -0.4 is 10.9 Å². The van der Waals surface area contributed by atoms with Gasteiger partial charge in [0.1, 0.15) is 5.02 Å². The highest BCUT2D eigenvalue weighted by molar-refractivity contribution is 6.32. The number of anilines is 1. The summed E-state index contributed by atoms with van der Waals surface area (Å²) in [4.78, 5) is 11.7. The van der Waals surface area contributed by atoms with E-state index in [1.165, 1.54) is 10.9 Å². The van der Waals surface area contributed by atoms with Crippen LogP contribution in [-0.4, -0.2) is 27.5 Å². The Balaban J connectivity index is 2.80. The summed E-state index contributed by atoms with van der Waals surface area (Å²) < 4.78 is 1.28. The minimum atomic E-state index is -0.486. The van der Waals surface area contributed by atoms with E-state index >= 15 is 0 Å². The van der Waals surface area contributed by atoms with Crippen molar-refractivity contribution in [3.8, 4) is 0 Å². The highest BCUT2D eigenvalue weighted by Gasteiger charge is 2.12. The molecule has 1 atom stereocenters. The van der Waals surface area contributed by atoms with Gasteiger partial charge in [0.05, 0.1) is 18.0 Å². The molecule has 0 aliphatic heterocycles. The van der Waals surface area contributed by atoms with Crippen LogP contribution in [0.1, 0.15) is 20.8 Å². The molecule has 0 aromatic carbocycles. The highest BCUT2D eigenvalue weighted by Crippen LogP contribution is 2.15. The van der Waals surface area contributed by atoms with Crippen molar-refractivity contribution >= 4 is 17.3 Å². The summed E-state index contributed by atoms with van der Waals surface area (Å²) in [7, 11) is 0. The molecule has 1 aromatic heterocycles. The molecule has 1 unspecified atom stereocenters. The van der Waals surface area contributed by atoms with E-state index in [1.807, 2.05) is 20.8 Å². The maximum Gasteiger partial charge on any atom is 0.287 e. The van der Waals surface area contributed by atoms with E-state index in [2.05, 4.69) is 10.4 Å². The molecule has 2 N–H and O–H groups in total. The van der Waals surface area contributed by atoms with Gasteiger partial charge in [-0.05, 0) is 12.8 Å². The van der Waals surface area contributed by atoms with Gasteiger partial charge in [-0.15, -0.1) is 0 Å². The second-order valence-corrected chi connectivity index (χ2v) is 4.56. The van der Waals surface area contributed by atoms with Crippen LogP contribution in [0.5, 0.6) is 0 Å². The SMILES string of the molecule is CCn1ncc(NCC(O)C(C)C)c(Cl)c1=O. The van der Waals surface area contributed by atoms with Gasteiger partial charge in [-0.25, -0.2) is 4.68 Å². The smallest absolute Gasteiger partial charge is 0.287 e. The van der Waals surface area contributed by atoms with Crippen molar-refractivity contribution in [1.82, 2.24) is 9.78 Å². The molecular weight excluding hydrogens is 242 g/mol. The van der Waals surface area contributed by atoms with Gasteiger partial charge in [-0.1, -0.05) is 25.4 Å². The average Bonchev–Trinajstić information content (AvgIpc) is 2.30. The van der Waals surface area contributed by atoms with Crippen LogP contribution in [0.15, 0.2) is 11.0 Å². The molecule has 0 aliphatic rings. The first kappa shape index (κ1) is 14.0. The number of nitrogens with zero attached hydrogens (tertiary/aromatic N) is 2. The third kappa shape index (κ3) is 3.44. The Labute approximate surface area is 105 Å². The number of nitrogens with one attached hydrogen (secondary N) is 1. The number of aryl methyl sites for hydroxylation is 1. The number of aliphatic hydroxyl groups excluding tert-OH is 1. The second kappa shape index (κ2) is 6.02. The zero-order chi connectivity index (χ0) is 13.0. The van der Waals surface area contributed by atoms with Gasteiger partial charge < -0.3 is 10.4 Å². The maximum atomic E-state index is 11.7. The lowest BCUT2D eigenvalue weighted by molar-refractivity contribution is 0.138. The summed E-state index contributed by atoms with van der Waals surface area (Å²) in [6.07, 6.45) is 1.01. The molecule has 0 spiro atoms. The van der Waals surface area contributed by atoms with Crippen LogP contribution >= 0.6 is 11.6 Å². The topological polar surface area (TPSA) is 67.2 Å². The zero-order valence-corrected chi connectivity index (χ0v) is 11.0. The average molecular weight is 260 g/mol.